The third kappa shape index (κ3) is 4.44. The van der Waals surface area contributed by atoms with Crippen LogP contribution in [0.15, 0.2) is 54.7 Å². The largest absolute Gasteiger partial charge is 0.437 e. The summed E-state index contributed by atoms with van der Waals surface area (Å²) in [6, 6.07) is 13.6. The highest BCUT2D eigenvalue weighted by atomic mass is 32.2. The molecule has 2 heterocycles. The lowest BCUT2D eigenvalue weighted by molar-refractivity contribution is 0.134. The first-order valence-corrected chi connectivity index (χ1v) is 9.87. The van der Waals surface area contributed by atoms with E-state index in [2.05, 4.69) is 19.6 Å². The summed E-state index contributed by atoms with van der Waals surface area (Å²) in [5.74, 6) is 0.800. The number of nitrogens with one attached hydrogen (secondary N) is 2. The van der Waals surface area contributed by atoms with Gasteiger partial charge in [-0.25, -0.2) is 13.9 Å². The molecule has 8 nitrogen and oxygen atoms in total. The molecule has 10 heteroatoms. The van der Waals surface area contributed by atoms with Crippen LogP contribution in [0.25, 0.3) is 0 Å². The Morgan fingerprint density at radius 3 is 2.97 bits per heavy atom. The van der Waals surface area contributed by atoms with Crippen LogP contribution in [0.3, 0.4) is 0 Å². The number of rotatable bonds is 7. The number of carbonyl (C=O) groups excluding carboxylic acids is 1. The van der Waals surface area contributed by atoms with Crippen LogP contribution >= 0.6 is 12.1 Å². The molecule has 2 N–H and O–H groups in total. The van der Waals surface area contributed by atoms with Gasteiger partial charge in [0.15, 0.2) is 5.82 Å². The van der Waals surface area contributed by atoms with Crippen LogP contribution in [0.4, 0.5) is 14.9 Å². The molecule has 1 aliphatic rings. The normalized spacial score (nSPS) is 12.9. The van der Waals surface area contributed by atoms with Crippen LogP contribution in [-0.4, -0.2) is 28.2 Å². The van der Waals surface area contributed by atoms with Crippen molar-refractivity contribution in [2.75, 3.05) is 11.8 Å². The standard InChI is InChI=1S/C20H18FN5O3S/c1-22-30-25-16-5-2-4-14(19(16)21)12-26-11-13-7-8-15(10-17(13)29-20(26)27)28-18-6-3-9-23-24-18/h2-10,22,25H,11-12H2,1H3. The Bertz CT molecular complexity index is 1050. The molecule has 0 unspecified atom stereocenters. The van der Waals surface area contributed by atoms with Crippen LogP contribution < -0.4 is 18.9 Å². The van der Waals surface area contributed by atoms with Gasteiger partial charge in [0.1, 0.15) is 11.5 Å². The Morgan fingerprint density at radius 1 is 1.27 bits per heavy atom. The number of carbonyl (C=O) groups is 1. The van der Waals surface area contributed by atoms with E-state index in [9.17, 15) is 9.18 Å². The molecule has 0 spiro atoms. The van der Waals surface area contributed by atoms with Gasteiger partial charge in [0, 0.05) is 41.6 Å². The summed E-state index contributed by atoms with van der Waals surface area (Å²) in [5, 5.41) is 7.61. The number of amides is 1. The van der Waals surface area contributed by atoms with Gasteiger partial charge in [0.25, 0.3) is 0 Å². The van der Waals surface area contributed by atoms with E-state index in [0.717, 1.165) is 17.7 Å². The van der Waals surface area contributed by atoms with Crippen molar-refractivity contribution in [1.29, 1.82) is 0 Å². The number of anilines is 1. The summed E-state index contributed by atoms with van der Waals surface area (Å²) in [4.78, 5) is 13.9. The van der Waals surface area contributed by atoms with Gasteiger partial charge in [-0.1, -0.05) is 12.1 Å². The first-order chi connectivity index (χ1) is 14.6. The van der Waals surface area contributed by atoms with E-state index < -0.39 is 11.9 Å². The van der Waals surface area contributed by atoms with E-state index in [1.807, 2.05) is 0 Å². The number of halogens is 1. The summed E-state index contributed by atoms with van der Waals surface area (Å²) in [6.07, 6.45) is 0.992. The maximum atomic E-state index is 14.7. The van der Waals surface area contributed by atoms with Crippen molar-refractivity contribution in [3.8, 4) is 17.4 Å². The summed E-state index contributed by atoms with van der Waals surface area (Å²) in [5.41, 5.74) is 1.52. The van der Waals surface area contributed by atoms with Crippen molar-refractivity contribution in [1.82, 2.24) is 19.8 Å². The van der Waals surface area contributed by atoms with Gasteiger partial charge in [-0.15, -0.1) is 5.10 Å². The van der Waals surface area contributed by atoms with Gasteiger partial charge in [-0.05, 0) is 31.3 Å². The zero-order valence-electron chi connectivity index (χ0n) is 16.0. The Balaban J connectivity index is 1.48. The topological polar surface area (TPSA) is 88.6 Å². The van der Waals surface area contributed by atoms with E-state index in [1.165, 1.54) is 4.90 Å². The molecule has 0 saturated carbocycles. The first-order valence-electron chi connectivity index (χ1n) is 9.05. The molecule has 1 amide bonds. The van der Waals surface area contributed by atoms with Crippen molar-refractivity contribution in [2.45, 2.75) is 13.1 Å². The number of fused-ring (bicyclic) bond motifs is 1. The molecule has 154 valence electrons. The maximum absolute atomic E-state index is 14.7. The zero-order valence-corrected chi connectivity index (χ0v) is 16.8. The maximum Gasteiger partial charge on any atom is 0.415 e. The zero-order chi connectivity index (χ0) is 20.9. The average molecular weight is 427 g/mol. The summed E-state index contributed by atoms with van der Waals surface area (Å²) < 4.78 is 31.5. The fraction of sp³-hybridized carbons (Fsp3) is 0.150. The van der Waals surface area contributed by atoms with Crippen molar-refractivity contribution in [3.05, 3.63) is 71.7 Å². The smallest absolute Gasteiger partial charge is 0.415 e. The van der Waals surface area contributed by atoms with Crippen LogP contribution in [0.1, 0.15) is 11.1 Å². The SMILES string of the molecule is CNSNc1cccc(CN2Cc3ccc(Oc4cccnn4)cc3OC2=O)c1F. The molecule has 1 aliphatic heterocycles. The van der Waals surface area contributed by atoms with Gasteiger partial charge in [-0.3, -0.25) is 4.90 Å². The van der Waals surface area contributed by atoms with Crippen LogP contribution in [0.5, 0.6) is 17.4 Å². The Kier molecular flexibility index (Phi) is 5.96. The number of benzene rings is 2. The Labute approximate surface area is 176 Å². The van der Waals surface area contributed by atoms with E-state index in [0.29, 0.717) is 35.2 Å². The Hall–Kier alpha value is -3.37. The van der Waals surface area contributed by atoms with Crippen molar-refractivity contribution >= 4 is 23.9 Å². The highest BCUT2D eigenvalue weighted by Crippen LogP contribution is 2.33. The summed E-state index contributed by atoms with van der Waals surface area (Å²) in [6.45, 7) is 0.379. The third-order valence-electron chi connectivity index (χ3n) is 4.33. The predicted octanol–water partition coefficient (Wildman–Crippen LogP) is 4.12. The molecular weight excluding hydrogens is 409 g/mol. The lowest BCUT2D eigenvalue weighted by atomic mass is 10.1. The molecule has 3 aromatic rings. The number of ether oxygens (including phenoxy) is 2. The number of hydrogen-bond acceptors (Lipinski definition) is 8. The lowest BCUT2D eigenvalue weighted by Crippen LogP contribution is -2.36. The van der Waals surface area contributed by atoms with E-state index in [1.54, 1.807) is 61.8 Å². The molecule has 0 atom stereocenters. The second-order valence-electron chi connectivity index (χ2n) is 6.34. The minimum Gasteiger partial charge on any atom is -0.437 e. The highest BCUT2D eigenvalue weighted by molar-refractivity contribution is 7.98. The van der Waals surface area contributed by atoms with Gasteiger partial charge in [-0.2, -0.15) is 5.10 Å². The van der Waals surface area contributed by atoms with Crippen molar-refractivity contribution in [2.24, 2.45) is 0 Å². The molecule has 4 rings (SSSR count). The minimum atomic E-state index is -0.554. The molecule has 0 aliphatic carbocycles. The highest BCUT2D eigenvalue weighted by Gasteiger charge is 2.26. The third-order valence-corrected chi connectivity index (χ3v) is 4.85. The van der Waals surface area contributed by atoms with E-state index in [-0.39, 0.29) is 6.54 Å². The Morgan fingerprint density at radius 2 is 2.17 bits per heavy atom. The van der Waals surface area contributed by atoms with Gasteiger partial charge < -0.3 is 14.2 Å². The summed E-state index contributed by atoms with van der Waals surface area (Å²) >= 11 is 1.16. The van der Waals surface area contributed by atoms with Crippen LogP contribution in [0.2, 0.25) is 0 Å². The van der Waals surface area contributed by atoms with Crippen LogP contribution in [0, 0.1) is 5.82 Å². The quantitative estimate of drug-likeness (QED) is 0.545. The first kappa shape index (κ1) is 19.9. The lowest BCUT2D eigenvalue weighted by Gasteiger charge is -2.28. The average Bonchev–Trinajstić information content (AvgIpc) is 2.75. The summed E-state index contributed by atoms with van der Waals surface area (Å²) in [7, 11) is 1.73. The van der Waals surface area contributed by atoms with Gasteiger partial charge in [0.05, 0.1) is 18.8 Å². The second-order valence-corrected chi connectivity index (χ2v) is 7.16. The molecule has 0 bridgehead atoms. The molecular formula is C20H18FN5O3S. The van der Waals surface area contributed by atoms with Crippen LogP contribution in [-0.2, 0) is 13.1 Å². The van der Waals surface area contributed by atoms with Gasteiger partial charge >= 0.3 is 6.09 Å². The molecule has 0 radical (unpaired) electrons. The second kappa shape index (κ2) is 8.97. The fourth-order valence-corrected chi connectivity index (χ4v) is 3.30. The van der Waals surface area contributed by atoms with E-state index in [4.69, 9.17) is 9.47 Å². The van der Waals surface area contributed by atoms with Crippen molar-refractivity contribution < 1.29 is 18.7 Å². The predicted molar refractivity (Wildman–Crippen MR) is 110 cm³/mol. The minimum absolute atomic E-state index is 0.0850. The molecule has 0 fully saturated rings. The number of aromatic nitrogens is 2. The number of hydrogen-bond donors (Lipinski definition) is 2. The fourth-order valence-electron chi connectivity index (χ4n) is 2.93. The molecule has 30 heavy (non-hydrogen) atoms. The van der Waals surface area contributed by atoms with Crippen molar-refractivity contribution in [3.63, 3.8) is 0 Å². The van der Waals surface area contributed by atoms with E-state index >= 15 is 0 Å². The molecule has 1 aromatic heterocycles. The van der Waals surface area contributed by atoms with Gasteiger partial charge in [0.2, 0.25) is 5.88 Å². The monoisotopic (exact) mass is 427 g/mol. The molecule has 2 aromatic carbocycles. The molecule has 0 saturated heterocycles. The number of nitrogens with zero attached hydrogens (tertiary/aromatic N) is 3.